The molecule has 0 aromatic heterocycles. The highest BCUT2D eigenvalue weighted by atomic mass is 32.2. The number of hydrogen-bond acceptors (Lipinski definition) is 5. The monoisotopic (exact) mass is 503 g/mol. The molecule has 0 spiro atoms. The maximum atomic E-state index is 13.6. The van der Waals surface area contributed by atoms with Gasteiger partial charge in [0.2, 0.25) is 21.8 Å². The molecular weight excluding hydrogens is 466 g/mol. The Bertz CT molecular complexity index is 1170. The Kier molecular flexibility index (Phi) is 8.94. The van der Waals surface area contributed by atoms with Crippen LogP contribution in [0, 0.1) is 13.8 Å². The minimum Gasteiger partial charge on any atom is -0.497 e. The van der Waals surface area contributed by atoms with Crippen LogP contribution in [0.5, 0.6) is 5.75 Å². The summed E-state index contributed by atoms with van der Waals surface area (Å²) in [6.07, 6.45) is 1.07. The van der Waals surface area contributed by atoms with Crippen molar-refractivity contribution in [2.24, 2.45) is 0 Å². The second-order valence-electron chi connectivity index (χ2n) is 9.83. The van der Waals surface area contributed by atoms with Crippen molar-refractivity contribution in [3.63, 3.8) is 0 Å². The second kappa shape index (κ2) is 11.1. The summed E-state index contributed by atoms with van der Waals surface area (Å²) in [5, 5.41) is 2.90. The van der Waals surface area contributed by atoms with Crippen molar-refractivity contribution in [1.82, 2.24) is 10.2 Å². The number of aryl methyl sites for hydroxylation is 2. The summed E-state index contributed by atoms with van der Waals surface area (Å²) >= 11 is 0. The number of amides is 2. The lowest BCUT2D eigenvalue weighted by Gasteiger charge is -2.33. The van der Waals surface area contributed by atoms with Gasteiger partial charge in [-0.1, -0.05) is 18.2 Å². The number of benzene rings is 2. The summed E-state index contributed by atoms with van der Waals surface area (Å²) in [6, 6.07) is 11.6. The first-order chi connectivity index (χ1) is 16.1. The van der Waals surface area contributed by atoms with Crippen molar-refractivity contribution in [2.75, 3.05) is 24.2 Å². The molecule has 35 heavy (non-hydrogen) atoms. The molecular formula is C26H37N3O5S. The lowest BCUT2D eigenvalue weighted by atomic mass is 10.1. The van der Waals surface area contributed by atoms with Gasteiger partial charge in [-0.3, -0.25) is 13.9 Å². The van der Waals surface area contributed by atoms with Gasteiger partial charge in [0.15, 0.2) is 0 Å². The molecule has 0 aliphatic heterocycles. The number of carbonyl (C=O) groups excluding carboxylic acids is 2. The van der Waals surface area contributed by atoms with Gasteiger partial charge in [-0.05, 0) is 82.5 Å². The molecule has 1 unspecified atom stereocenters. The zero-order valence-corrected chi connectivity index (χ0v) is 22.7. The van der Waals surface area contributed by atoms with Gasteiger partial charge in [0.1, 0.15) is 18.3 Å². The van der Waals surface area contributed by atoms with Crippen LogP contribution in [-0.2, 0) is 26.2 Å². The maximum absolute atomic E-state index is 13.6. The third kappa shape index (κ3) is 7.99. The lowest BCUT2D eigenvalue weighted by Crippen LogP contribution is -2.54. The fourth-order valence-electron chi connectivity index (χ4n) is 3.52. The van der Waals surface area contributed by atoms with E-state index in [1.54, 1.807) is 44.4 Å². The third-order valence-corrected chi connectivity index (χ3v) is 6.75. The minimum absolute atomic E-state index is 0.110. The van der Waals surface area contributed by atoms with E-state index >= 15 is 0 Å². The van der Waals surface area contributed by atoms with E-state index in [2.05, 4.69) is 5.32 Å². The van der Waals surface area contributed by atoms with E-state index in [9.17, 15) is 18.0 Å². The highest BCUT2D eigenvalue weighted by molar-refractivity contribution is 7.92. The highest BCUT2D eigenvalue weighted by Gasteiger charge is 2.31. The number of anilines is 1. The van der Waals surface area contributed by atoms with Crippen molar-refractivity contribution in [1.29, 1.82) is 0 Å². The molecule has 0 fully saturated rings. The van der Waals surface area contributed by atoms with Crippen molar-refractivity contribution < 1.29 is 22.7 Å². The molecule has 0 bridgehead atoms. The van der Waals surface area contributed by atoms with Crippen LogP contribution in [0.25, 0.3) is 0 Å². The first-order valence-corrected chi connectivity index (χ1v) is 13.3. The van der Waals surface area contributed by atoms with E-state index in [1.165, 1.54) is 4.90 Å². The van der Waals surface area contributed by atoms with E-state index in [1.807, 2.05) is 46.8 Å². The maximum Gasteiger partial charge on any atom is 0.244 e. The Hall–Kier alpha value is -3.07. The first kappa shape index (κ1) is 28.2. The van der Waals surface area contributed by atoms with Gasteiger partial charge < -0.3 is 15.0 Å². The van der Waals surface area contributed by atoms with Crippen LogP contribution in [0.15, 0.2) is 42.5 Å². The number of nitrogens with zero attached hydrogens (tertiary/aromatic N) is 2. The summed E-state index contributed by atoms with van der Waals surface area (Å²) in [5.74, 6) is -0.201. The summed E-state index contributed by atoms with van der Waals surface area (Å²) in [4.78, 5) is 28.0. The Balaban J connectivity index is 2.44. The first-order valence-electron chi connectivity index (χ1n) is 11.4. The van der Waals surface area contributed by atoms with Gasteiger partial charge in [0, 0.05) is 12.1 Å². The molecule has 0 saturated heterocycles. The Morgan fingerprint density at radius 3 is 2.26 bits per heavy atom. The molecule has 192 valence electrons. The number of nitrogens with one attached hydrogen (secondary N) is 1. The van der Waals surface area contributed by atoms with Crippen LogP contribution < -0.4 is 14.4 Å². The fraction of sp³-hybridized carbons (Fsp3) is 0.462. The SMILES string of the molecule is COc1cccc(CN(C(=O)CN(c2ccc(C)c(C)c2)S(C)(=O)=O)C(C)C(=O)NC(C)(C)C)c1. The van der Waals surface area contributed by atoms with Gasteiger partial charge in [-0.15, -0.1) is 0 Å². The molecule has 2 amide bonds. The van der Waals surface area contributed by atoms with Gasteiger partial charge in [0.05, 0.1) is 19.1 Å². The van der Waals surface area contributed by atoms with E-state index in [0.717, 1.165) is 27.3 Å². The zero-order chi connectivity index (χ0) is 26.6. The van der Waals surface area contributed by atoms with Gasteiger partial charge in [-0.2, -0.15) is 0 Å². The number of hydrogen-bond donors (Lipinski definition) is 1. The molecule has 0 aliphatic carbocycles. The molecule has 8 nitrogen and oxygen atoms in total. The molecule has 0 radical (unpaired) electrons. The Labute approximate surface area is 209 Å². The summed E-state index contributed by atoms with van der Waals surface area (Å²) in [7, 11) is -2.22. The van der Waals surface area contributed by atoms with Crippen LogP contribution in [0.3, 0.4) is 0 Å². The molecule has 0 heterocycles. The highest BCUT2D eigenvalue weighted by Crippen LogP contribution is 2.23. The largest absolute Gasteiger partial charge is 0.497 e. The standard InChI is InChI=1S/C26H37N3O5S/c1-18-12-13-22(14-19(18)2)29(35(8,32)33)17-24(30)28(20(3)25(31)27-26(4,5)6)16-21-10-9-11-23(15-21)34-7/h9-15,20H,16-17H2,1-8H3,(H,27,31). The third-order valence-electron chi connectivity index (χ3n) is 5.61. The van der Waals surface area contributed by atoms with Gasteiger partial charge >= 0.3 is 0 Å². The molecule has 0 aliphatic rings. The number of ether oxygens (including phenoxy) is 1. The van der Waals surface area contributed by atoms with Crippen molar-refractivity contribution in [2.45, 2.75) is 59.7 Å². The van der Waals surface area contributed by atoms with Crippen molar-refractivity contribution in [3.05, 3.63) is 59.2 Å². The lowest BCUT2D eigenvalue weighted by molar-refractivity contribution is -0.140. The summed E-state index contributed by atoms with van der Waals surface area (Å²) in [6.45, 7) is 10.7. The van der Waals surface area contributed by atoms with Crippen LogP contribution in [0.2, 0.25) is 0 Å². The van der Waals surface area contributed by atoms with E-state index in [0.29, 0.717) is 11.4 Å². The molecule has 2 aromatic carbocycles. The van der Waals surface area contributed by atoms with E-state index in [4.69, 9.17) is 4.74 Å². The molecule has 1 N–H and O–H groups in total. The number of methoxy groups -OCH3 is 1. The average molecular weight is 504 g/mol. The normalized spacial score (nSPS) is 12.6. The molecule has 9 heteroatoms. The van der Waals surface area contributed by atoms with Gasteiger partial charge in [0.25, 0.3) is 0 Å². The molecule has 0 saturated carbocycles. The Morgan fingerprint density at radius 1 is 1.06 bits per heavy atom. The van der Waals surface area contributed by atoms with Crippen molar-refractivity contribution in [3.8, 4) is 5.75 Å². The van der Waals surface area contributed by atoms with Crippen molar-refractivity contribution >= 4 is 27.5 Å². The Morgan fingerprint density at radius 2 is 1.71 bits per heavy atom. The van der Waals surface area contributed by atoms with Crippen LogP contribution in [-0.4, -0.2) is 56.6 Å². The summed E-state index contributed by atoms with van der Waals surface area (Å²) in [5.41, 5.74) is 2.59. The number of carbonyl (C=O) groups is 2. The topological polar surface area (TPSA) is 96.0 Å². The number of sulfonamides is 1. The molecule has 1 atom stereocenters. The van der Waals surface area contributed by atoms with E-state index < -0.39 is 34.1 Å². The predicted molar refractivity (Wildman–Crippen MR) is 139 cm³/mol. The fourth-order valence-corrected chi connectivity index (χ4v) is 4.36. The van der Waals surface area contributed by atoms with Crippen LogP contribution >= 0.6 is 0 Å². The molecule has 2 aromatic rings. The summed E-state index contributed by atoms with van der Waals surface area (Å²) < 4.78 is 31.7. The van der Waals surface area contributed by atoms with E-state index in [-0.39, 0.29) is 12.5 Å². The van der Waals surface area contributed by atoms with Gasteiger partial charge in [-0.25, -0.2) is 8.42 Å². The zero-order valence-electron chi connectivity index (χ0n) is 21.9. The quantitative estimate of drug-likeness (QED) is 0.566. The minimum atomic E-state index is -3.77. The number of rotatable bonds is 9. The van der Waals surface area contributed by atoms with Crippen LogP contribution in [0.4, 0.5) is 5.69 Å². The predicted octanol–water partition coefficient (Wildman–Crippen LogP) is 3.41. The smallest absolute Gasteiger partial charge is 0.244 e. The van der Waals surface area contributed by atoms with Crippen LogP contribution in [0.1, 0.15) is 44.4 Å². The average Bonchev–Trinajstić information content (AvgIpc) is 2.75. The second-order valence-corrected chi connectivity index (χ2v) is 11.7. The molecule has 2 rings (SSSR count).